The van der Waals surface area contributed by atoms with Gasteiger partial charge in [0, 0.05) is 13.0 Å². The van der Waals surface area contributed by atoms with Gasteiger partial charge in [-0.05, 0) is 42.0 Å². The number of amides is 1. The number of carbonyl (C=O) groups is 1. The molecule has 3 heterocycles. The quantitative estimate of drug-likeness (QED) is 0.673. The molecule has 1 amide bonds. The molecule has 0 spiro atoms. The van der Waals surface area contributed by atoms with Crippen LogP contribution >= 0.6 is 11.3 Å². The predicted molar refractivity (Wildman–Crippen MR) is 99.6 cm³/mol. The van der Waals surface area contributed by atoms with Crippen molar-refractivity contribution in [2.45, 2.75) is 25.3 Å². The summed E-state index contributed by atoms with van der Waals surface area (Å²) in [4.78, 5) is 19.8. The van der Waals surface area contributed by atoms with E-state index in [0.29, 0.717) is 12.3 Å². The summed E-state index contributed by atoms with van der Waals surface area (Å²) in [6.07, 6.45) is 4.27. The summed E-state index contributed by atoms with van der Waals surface area (Å²) in [5.74, 6) is 2.31. The van der Waals surface area contributed by atoms with Crippen LogP contribution in [0.4, 0.5) is 0 Å². The maximum Gasteiger partial charge on any atom is 0.264 e. The number of benzene rings is 1. The van der Waals surface area contributed by atoms with Crippen molar-refractivity contribution >= 4 is 17.2 Å². The number of oxazole rings is 1. The summed E-state index contributed by atoms with van der Waals surface area (Å²) in [5.41, 5.74) is 1.10. The molecule has 1 aliphatic rings. The molecule has 26 heavy (non-hydrogen) atoms. The molecule has 1 fully saturated rings. The molecule has 5 nitrogen and oxygen atoms in total. The first-order valence-electron chi connectivity index (χ1n) is 8.66. The predicted octanol–water partition coefficient (Wildman–Crippen LogP) is 4.31. The lowest BCUT2D eigenvalue weighted by Gasteiger charge is -2.21. The third-order valence-corrected chi connectivity index (χ3v) is 5.47. The van der Waals surface area contributed by atoms with Crippen LogP contribution in [0.5, 0.6) is 5.75 Å². The summed E-state index contributed by atoms with van der Waals surface area (Å²) in [5, 5.41) is 1.93. The molecule has 1 aromatic carbocycles. The number of methoxy groups -OCH3 is 1. The number of ether oxygens (including phenoxy) is 1. The van der Waals surface area contributed by atoms with Crippen molar-refractivity contribution in [3.8, 4) is 5.75 Å². The van der Waals surface area contributed by atoms with Crippen LogP contribution in [0.25, 0.3) is 0 Å². The zero-order valence-corrected chi connectivity index (χ0v) is 15.4. The number of carbonyl (C=O) groups excluding carboxylic acids is 1. The van der Waals surface area contributed by atoms with Crippen molar-refractivity contribution in [3.63, 3.8) is 0 Å². The Morgan fingerprint density at radius 3 is 3.12 bits per heavy atom. The highest BCUT2D eigenvalue weighted by Crippen LogP contribution is 2.33. The molecule has 0 aliphatic carbocycles. The van der Waals surface area contributed by atoms with Crippen molar-refractivity contribution in [2.75, 3.05) is 13.7 Å². The third kappa shape index (κ3) is 3.37. The van der Waals surface area contributed by atoms with Gasteiger partial charge in [-0.15, -0.1) is 11.3 Å². The molecule has 0 saturated carbocycles. The molecule has 0 radical (unpaired) electrons. The molecule has 0 unspecified atom stereocenters. The highest BCUT2D eigenvalue weighted by atomic mass is 32.1. The van der Waals surface area contributed by atoms with Gasteiger partial charge in [-0.3, -0.25) is 4.79 Å². The fraction of sp³-hybridized carbons (Fsp3) is 0.300. The molecule has 2 aromatic heterocycles. The smallest absolute Gasteiger partial charge is 0.264 e. The molecule has 6 heteroatoms. The van der Waals surface area contributed by atoms with Crippen molar-refractivity contribution in [3.05, 3.63) is 70.1 Å². The molecule has 1 aliphatic heterocycles. The summed E-state index contributed by atoms with van der Waals surface area (Å²) in [6, 6.07) is 11.6. The lowest BCUT2D eigenvalue weighted by atomic mass is 10.1. The van der Waals surface area contributed by atoms with Gasteiger partial charge in [0.05, 0.1) is 18.2 Å². The van der Waals surface area contributed by atoms with Gasteiger partial charge in [-0.2, -0.15) is 0 Å². The number of aromatic nitrogens is 1. The Morgan fingerprint density at radius 1 is 1.38 bits per heavy atom. The maximum absolute atomic E-state index is 12.7. The van der Waals surface area contributed by atoms with Crippen LogP contribution in [-0.4, -0.2) is 29.4 Å². The van der Waals surface area contributed by atoms with Crippen molar-refractivity contribution < 1.29 is 13.9 Å². The standard InChI is InChI=1S/C20H20N2O3S/c1-24-15-6-2-5-14(11-15)12-16-13-21-19(25-16)17-7-3-9-22(17)20(23)18-8-4-10-26-18/h2,4-6,8,10-11,13,17H,3,7,9,12H2,1H3/t17-/m1/s1. The van der Waals surface area contributed by atoms with E-state index in [0.717, 1.165) is 41.3 Å². The lowest BCUT2D eigenvalue weighted by molar-refractivity contribution is 0.0719. The first kappa shape index (κ1) is 16.8. The first-order valence-corrected chi connectivity index (χ1v) is 9.54. The molecule has 0 N–H and O–H groups in total. The van der Waals surface area contributed by atoms with Gasteiger partial charge in [0.15, 0.2) is 0 Å². The van der Waals surface area contributed by atoms with E-state index >= 15 is 0 Å². The molecule has 1 atom stereocenters. The van der Waals surface area contributed by atoms with E-state index in [2.05, 4.69) is 4.98 Å². The molecule has 1 saturated heterocycles. The Kier molecular flexibility index (Phi) is 4.75. The SMILES string of the molecule is COc1cccc(Cc2cnc([C@H]3CCCN3C(=O)c3cccs3)o2)c1. The number of rotatable bonds is 5. The minimum Gasteiger partial charge on any atom is -0.497 e. The Labute approximate surface area is 156 Å². The van der Waals surface area contributed by atoms with E-state index in [9.17, 15) is 4.79 Å². The number of nitrogens with zero attached hydrogens (tertiary/aromatic N) is 2. The van der Waals surface area contributed by atoms with Crippen molar-refractivity contribution in [2.24, 2.45) is 0 Å². The minimum atomic E-state index is -0.0799. The van der Waals surface area contributed by atoms with E-state index in [4.69, 9.17) is 9.15 Å². The average molecular weight is 368 g/mol. The second kappa shape index (κ2) is 7.33. The molecular formula is C20H20N2O3S. The maximum atomic E-state index is 12.7. The van der Waals surface area contributed by atoms with Crippen molar-refractivity contribution in [1.29, 1.82) is 0 Å². The van der Waals surface area contributed by atoms with Crippen LogP contribution in [-0.2, 0) is 6.42 Å². The average Bonchev–Trinajstić information content (AvgIpc) is 3.41. The number of likely N-dealkylation sites (tertiary alicyclic amines) is 1. The minimum absolute atomic E-state index is 0.0649. The zero-order valence-electron chi connectivity index (χ0n) is 14.6. The van der Waals surface area contributed by atoms with Gasteiger partial charge < -0.3 is 14.1 Å². The summed E-state index contributed by atoms with van der Waals surface area (Å²) in [7, 11) is 1.66. The van der Waals surface area contributed by atoms with E-state index in [-0.39, 0.29) is 11.9 Å². The van der Waals surface area contributed by atoms with Gasteiger partial charge in [-0.1, -0.05) is 18.2 Å². The molecule has 3 aromatic rings. The number of hydrogen-bond acceptors (Lipinski definition) is 5. The van der Waals surface area contributed by atoms with E-state index in [1.165, 1.54) is 11.3 Å². The zero-order chi connectivity index (χ0) is 17.9. The summed E-state index contributed by atoms with van der Waals surface area (Å²) >= 11 is 1.47. The third-order valence-electron chi connectivity index (χ3n) is 4.61. The summed E-state index contributed by atoms with van der Waals surface area (Å²) in [6.45, 7) is 0.745. The normalized spacial score (nSPS) is 16.8. The highest BCUT2D eigenvalue weighted by Gasteiger charge is 2.34. The second-order valence-corrected chi connectivity index (χ2v) is 7.27. The van der Waals surface area contributed by atoms with Crippen LogP contribution in [0.2, 0.25) is 0 Å². The Balaban J connectivity index is 1.50. The van der Waals surface area contributed by atoms with Crippen molar-refractivity contribution in [1.82, 2.24) is 9.88 Å². The van der Waals surface area contributed by atoms with Crippen LogP contribution in [0, 0.1) is 0 Å². The van der Waals surface area contributed by atoms with E-state index in [1.54, 1.807) is 13.3 Å². The summed E-state index contributed by atoms with van der Waals surface area (Å²) < 4.78 is 11.3. The van der Waals surface area contributed by atoms with Crippen LogP contribution in [0.3, 0.4) is 0 Å². The van der Waals surface area contributed by atoms with Gasteiger partial charge in [0.1, 0.15) is 17.6 Å². The van der Waals surface area contributed by atoms with Gasteiger partial charge >= 0.3 is 0 Å². The van der Waals surface area contributed by atoms with Crippen LogP contribution < -0.4 is 4.74 Å². The van der Waals surface area contributed by atoms with Gasteiger partial charge in [0.25, 0.3) is 5.91 Å². The fourth-order valence-corrected chi connectivity index (χ4v) is 4.03. The van der Waals surface area contributed by atoms with Gasteiger partial charge in [-0.25, -0.2) is 4.98 Å². The molecular weight excluding hydrogens is 348 g/mol. The van der Waals surface area contributed by atoms with E-state index in [1.807, 2.05) is 46.7 Å². The van der Waals surface area contributed by atoms with Crippen LogP contribution in [0.1, 0.15) is 45.8 Å². The van der Waals surface area contributed by atoms with E-state index < -0.39 is 0 Å². The first-order chi connectivity index (χ1) is 12.7. The molecule has 0 bridgehead atoms. The topological polar surface area (TPSA) is 55.6 Å². The highest BCUT2D eigenvalue weighted by molar-refractivity contribution is 7.12. The molecule has 134 valence electrons. The Hall–Kier alpha value is -2.60. The second-order valence-electron chi connectivity index (χ2n) is 6.33. The Bertz CT molecular complexity index is 888. The fourth-order valence-electron chi connectivity index (χ4n) is 3.35. The monoisotopic (exact) mass is 368 g/mol. The number of thiophene rings is 1. The lowest BCUT2D eigenvalue weighted by Crippen LogP contribution is -2.30. The Morgan fingerprint density at radius 2 is 2.31 bits per heavy atom. The molecule has 4 rings (SSSR count). The largest absolute Gasteiger partial charge is 0.497 e. The number of hydrogen-bond donors (Lipinski definition) is 0. The van der Waals surface area contributed by atoms with Crippen LogP contribution in [0.15, 0.2) is 52.4 Å². The van der Waals surface area contributed by atoms with Gasteiger partial charge in [0.2, 0.25) is 5.89 Å².